The number of hydrogen-bond donors (Lipinski definition) is 5. The Morgan fingerprint density at radius 2 is 1.65 bits per heavy atom. The van der Waals surface area contributed by atoms with Crippen LogP contribution in [0.25, 0.3) is 22.0 Å². The summed E-state index contributed by atoms with van der Waals surface area (Å²) in [5.74, 6) is -0.0512. The highest BCUT2D eigenvalue weighted by atomic mass is 28.4. The molecule has 1 saturated heterocycles. The van der Waals surface area contributed by atoms with Crippen molar-refractivity contribution in [3.05, 3.63) is 125 Å². The summed E-state index contributed by atoms with van der Waals surface area (Å²) in [5.41, 5.74) is 5.46. The average molecular weight is 903 g/mol. The molecule has 5 N–H and O–H groups in total. The predicted octanol–water partition coefficient (Wildman–Crippen LogP) is 9.08. The number of carbonyl (C=O) groups excluding carboxylic acids is 3. The number of pyridine rings is 1. The van der Waals surface area contributed by atoms with Gasteiger partial charge in [-0.15, -0.1) is 0 Å². The highest BCUT2D eigenvalue weighted by molar-refractivity contribution is 6.74. The van der Waals surface area contributed by atoms with E-state index < -0.39 is 14.4 Å². The number of anilines is 2. The lowest BCUT2D eigenvalue weighted by atomic mass is 10.0. The maximum absolute atomic E-state index is 13.0. The normalized spacial score (nSPS) is 14.2. The van der Waals surface area contributed by atoms with E-state index in [0.29, 0.717) is 63.1 Å². The third-order valence-corrected chi connectivity index (χ3v) is 17.1. The molecule has 65 heavy (non-hydrogen) atoms. The number of aromatic hydroxyl groups is 1. The van der Waals surface area contributed by atoms with Crippen molar-refractivity contribution in [2.75, 3.05) is 56.9 Å². The minimum absolute atomic E-state index is 0.0177. The Labute approximate surface area is 384 Å². The van der Waals surface area contributed by atoms with E-state index in [1.807, 2.05) is 84.9 Å². The maximum atomic E-state index is 13.0. The first-order valence-electron chi connectivity index (χ1n) is 22.8. The summed E-state index contributed by atoms with van der Waals surface area (Å²) in [7, 11) is -0.432. The van der Waals surface area contributed by atoms with Crippen molar-refractivity contribution in [2.45, 2.75) is 89.6 Å². The zero-order chi connectivity index (χ0) is 46.6. The first-order valence-corrected chi connectivity index (χ1v) is 25.7. The summed E-state index contributed by atoms with van der Waals surface area (Å²) in [6.45, 7) is 14.8. The molecule has 0 spiro atoms. The third-order valence-electron chi connectivity index (χ3n) is 12.6. The van der Waals surface area contributed by atoms with Gasteiger partial charge in [-0.3, -0.25) is 19.7 Å². The molecule has 13 nitrogen and oxygen atoms in total. The topological polar surface area (TPSA) is 165 Å². The van der Waals surface area contributed by atoms with Crippen LogP contribution in [0.2, 0.25) is 18.1 Å². The molecule has 1 aliphatic heterocycles. The van der Waals surface area contributed by atoms with Gasteiger partial charge < -0.3 is 39.7 Å². The smallest absolute Gasteiger partial charge is 0.411 e. The van der Waals surface area contributed by atoms with Crippen molar-refractivity contribution in [3.8, 4) is 16.9 Å². The molecule has 0 saturated carbocycles. The van der Waals surface area contributed by atoms with Crippen molar-refractivity contribution in [2.24, 2.45) is 0 Å². The number of para-hydroxylation sites is 1. The number of aromatic nitrogens is 1. The first-order chi connectivity index (χ1) is 31.1. The molecule has 0 bridgehead atoms. The highest BCUT2D eigenvalue weighted by Crippen LogP contribution is 2.41. The molecule has 346 valence electrons. The van der Waals surface area contributed by atoms with Crippen molar-refractivity contribution in [1.82, 2.24) is 20.1 Å². The summed E-state index contributed by atoms with van der Waals surface area (Å²) < 4.78 is 12.7. The number of ether oxygens (including phenoxy) is 1. The number of aromatic amines is 1. The fourth-order valence-corrected chi connectivity index (χ4v) is 9.11. The third kappa shape index (κ3) is 13.8. The van der Waals surface area contributed by atoms with E-state index in [4.69, 9.17) is 9.16 Å². The molecule has 1 aromatic heterocycles. The Morgan fingerprint density at radius 3 is 2.40 bits per heavy atom. The summed E-state index contributed by atoms with van der Waals surface area (Å²) >= 11 is 0. The van der Waals surface area contributed by atoms with Crippen molar-refractivity contribution < 1.29 is 28.7 Å². The molecule has 0 aliphatic carbocycles. The molecular formula is C51H66N6O7Si. The van der Waals surface area contributed by atoms with Crippen molar-refractivity contribution in [3.63, 3.8) is 0 Å². The van der Waals surface area contributed by atoms with Gasteiger partial charge in [-0.05, 0) is 97.4 Å². The standard InChI is InChI=1S/C51H66N6O7Si/c1-51(2,3)65(5,6)64-45(41-21-23-44(58)49-42(41)22-24-47(60)55-49)35-52-29-25-36-14-12-17-38(34-36)53-46(59)20-13-30-56(4)48(61)28-33-57-31-26-39(27-32-57)63-50(62)54-43-19-11-10-18-40(43)37-15-8-7-9-16-37/h7-12,14-19,21-24,34,39,45,52,58H,13,20,25-33,35H2,1-6H3,(H,53,59)(H,54,62)(H,55,60)/t45-/m1/s1. The molecule has 4 aromatic carbocycles. The lowest BCUT2D eigenvalue weighted by Gasteiger charge is -2.39. The number of amides is 3. The molecular weight excluding hydrogens is 837 g/mol. The highest BCUT2D eigenvalue weighted by Gasteiger charge is 2.40. The van der Waals surface area contributed by atoms with Gasteiger partial charge in [0.05, 0.1) is 17.3 Å². The summed E-state index contributed by atoms with van der Waals surface area (Å²) in [6, 6.07) is 32.1. The second-order valence-electron chi connectivity index (χ2n) is 18.5. The molecule has 1 atom stereocenters. The Bertz CT molecular complexity index is 2450. The van der Waals surface area contributed by atoms with Gasteiger partial charge in [0.25, 0.3) is 0 Å². The number of phenols is 1. The molecule has 6 rings (SSSR count). The van der Waals surface area contributed by atoms with E-state index in [-0.39, 0.29) is 46.8 Å². The molecule has 0 radical (unpaired) electrons. The van der Waals surface area contributed by atoms with Crippen LogP contribution in [-0.2, 0) is 25.2 Å². The number of fused-ring (bicyclic) bond motifs is 1. The molecule has 5 aromatic rings. The number of piperidine rings is 1. The van der Waals surface area contributed by atoms with Gasteiger partial charge >= 0.3 is 6.09 Å². The maximum Gasteiger partial charge on any atom is 0.411 e. The van der Waals surface area contributed by atoms with Crippen molar-refractivity contribution >= 4 is 48.5 Å². The second-order valence-corrected chi connectivity index (χ2v) is 23.3. The van der Waals surface area contributed by atoms with Gasteiger partial charge in [-0.1, -0.05) is 87.5 Å². The Balaban J connectivity index is 0.884. The van der Waals surface area contributed by atoms with Crippen molar-refractivity contribution in [1.29, 1.82) is 0 Å². The largest absolute Gasteiger partial charge is 0.506 e. The first kappa shape index (κ1) is 48.6. The quantitative estimate of drug-likeness (QED) is 0.0402. The number of carbonyl (C=O) groups is 3. The fourth-order valence-electron chi connectivity index (χ4n) is 7.83. The van der Waals surface area contributed by atoms with Crippen LogP contribution in [0.1, 0.15) is 70.1 Å². The van der Waals surface area contributed by atoms with Crippen LogP contribution in [0.4, 0.5) is 16.2 Å². The number of likely N-dealkylation sites (tertiary alicyclic amines) is 1. The van der Waals surface area contributed by atoms with E-state index in [9.17, 15) is 24.3 Å². The average Bonchev–Trinajstić information content (AvgIpc) is 3.27. The van der Waals surface area contributed by atoms with Gasteiger partial charge in [-0.25, -0.2) is 4.79 Å². The summed E-state index contributed by atoms with van der Waals surface area (Å²) in [5, 5.41) is 20.8. The number of hydrogen-bond acceptors (Lipinski definition) is 9. The minimum Gasteiger partial charge on any atom is -0.506 e. The molecule has 0 unspecified atom stereocenters. The van der Waals surface area contributed by atoms with Gasteiger partial charge in [0.1, 0.15) is 11.9 Å². The Kier molecular flexibility index (Phi) is 16.8. The monoisotopic (exact) mass is 902 g/mol. The van der Waals surface area contributed by atoms with Crippen LogP contribution in [0.15, 0.2) is 108 Å². The number of nitrogens with zero attached hydrogens (tertiary/aromatic N) is 2. The van der Waals surface area contributed by atoms with Gasteiger partial charge in [0.15, 0.2) is 8.32 Å². The summed E-state index contributed by atoms with van der Waals surface area (Å²) in [4.78, 5) is 57.5. The Morgan fingerprint density at radius 1 is 0.908 bits per heavy atom. The minimum atomic E-state index is -2.21. The van der Waals surface area contributed by atoms with Crippen LogP contribution in [0, 0.1) is 0 Å². The second kappa shape index (κ2) is 22.4. The zero-order valence-electron chi connectivity index (χ0n) is 38.7. The van der Waals surface area contributed by atoms with E-state index in [0.717, 1.165) is 52.8 Å². The molecule has 3 amide bonds. The van der Waals surface area contributed by atoms with E-state index in [1.54, 1.807) is 24.1 Å². The van der Waals surface area contributed by atoms with Crippen LogP contribution < -0.4 is 21.5 Å². The number of phenolic OH excluding ortho intramolecular Hbond substituents is 1. The Hall–Kier alpha value is -5.80. The van der Waals surface area contributed by atoms with E-state index in [2.05, 4.69) is 59.7 Å². The van der Waals surface area contributed by atoms with Gasteiger partial charge in [-0.2, -0.15) is 0 Å². The molecule has 1 aliphatic rings. The van der Waals surface area contributed by atoms with E-state index in [1.165, 1.54) is 6.07 Å². The predicted molar refractivity (Wildman–Crippen MR) is 262 cm³/mol. The van der Waals surface area contributed by atoms with Crippen LogP contribution in [-0.4, -0.2) is 98.5 Å². The fraction of sp³-hybridized carbons (Fsp3) is 0.412. The SMILES string of the molecule is CN(CCCC(=O)Nc1cccc(CCNC[C@@H](O[Si](C)(C)C(C)(C)C)c2ccc(O)c3[nH]c(=O)ccc23)c1)C(=O)CCN1CCC(OC(=O)Nc2ccccc2-c2ccccc2)CC1. The van der Waals surface area contributed by atoms with Crippen LogP contribution in [0.3, 0.4) is 0 Å². The lowest BCUT2D eigenvalue weighted by Crippen LogP contribution is -2.43. The van der Waals surface area contributed by atoms with Crippen LogP contribution >= 0.6 is 0 Å². The molecule has 14 heteroatoms. The zero-order valence-corrected chi connectivity index (χ0v) is 39.7. The summed E-state index contributed by atoms with van der Waals surface area (Å²) in [6.07, 6.45) is 2.37. The number of nitrogens with one attached hydrogen (secondary N) is 4. The number of H-pyrrole nitrogens is 1. The van der Waals surface area contributed by atoms with E-state index >= 15 is 0 Å². The lowest BCUT2D eigenvalue weighted by molar-refractivity contribution is -0.130. The number of benzene rings is 4. The molecule has 2 heterocycles. The number of rotatable bonds is 19. The van der Waals surface area contributed by atoms with Crippen LogP contribution in [0.5, 0.6) is 5.75 Å². The van der Waals surface area contributed by atoms with Gasteiger partial charge in [0.2, 0.25) is 17.4 Å². The molecule has 1 fully saturated rings. The van der Waals surface area contributed by atoms with Gasteiger partial charge in [0, 0.05) is 75.3 Å².